The van der Waals surface area contributed by atoms with Crippen molar-refractivity contribution >= 4 is 12.1 Å². The number of ether oxygens (including phenoxy) is 2. The van der Waals surface area contributed by atoms with E-state index in [9.17, 15) is 14.7 Å². The summed E-state index contributed by atoms with van der Waals surface area (Å²) < 4.78 is 10.5. The summed E-state index contributed by atoms with van der Waals surface area (Å²) in [6.45, 7) is 6.49. The molecule has 2 atom stereocenters. The van der Waals surface area contributed by atoms with Crippen molar-refractivity contribution in [3.05, 3.63) is 0 Å². The Balaban J connectivity index is 2.08. The topological polar surface area (TPSA) is 76.1 Å². The molecule has 0 bridgehead atoms. The van der Waals surface area contributed by atoms with Crippen LogP contribution >= 0.6 is 0 Å². The third kappa shape index (κ3) is 2.16. The lowest BCUT2D eigenvalue weighted by atomic mass is 9.81. The second kappa shape index (κ2) is 4.12. The summed E-state index contributed by atoms with van der Waals surface area (Å²) in [4.78, 5) is 24.8. The molecule has 0 aliphatic carbocycles. The summed E-state index contributed by atoms with van der Waals surface area (Å²) in [5.74, 6) is -1.03. The SMILES string of the molecule is CC(C)(C)OC(=O)N1C[C@H]2COC[C@@]2(C(=O)O)C1. The number of carboxylic acid groups (broad SMARTS) is 1. The van der Waals surface area contributed by atoms with Gasteiger partial charge in [0.2, 0.25) is 0 Å². The van der Waals surface area contributed by atoms with E-state index in [1.807, 2.05) is 0 Å². The Bertz CT molecular complexity index is 375. The van der Waals surface area contributed by atoms with Crippen molar-refractivity contribution < 1.29 is 24.2 Å². The third-order valence-corrected chi connectivity index (χ3v) is 3.45. The molecule has 2 aliphatic heterocycles. The van der Waals surface area contributed by atoms with Crippen LogP contribution in [0.4, 0.5) is 4.79 Å². The number of likely N-dealkylation sites (tertiary alicyclic amines) is 1. The molecular formula is C12H19NO5. The highest BCUT2D eigenvalue weighted by molar-refractivity contribution is 5.79. The van der Waals surface area contributed by atoms with Crippen molar-refractivity contribution in [3.8, 4) is 0 Å². The fourth-order valence-electron chi connectivity index (χ4n) is 2.50. The van der Waals surface area contributed by atoms with E-state index < -0.39 is 23.1 Å². The number of carbonyl (C=O) groups excluding carboxylic acids is 1. The summed E-state index contributed by atoms with van der Waals surface area (Å²) in [6.07, 6.45) is -0.447. The lowest BCUT2D eigenvalue weighted by Crippen LogP contribution is -2.41. The molecule has 2 rings (SSSR count). The van der Waals surface area contributed by atoms with Crippen molar-refractivity contribution in [2.45, 2.75) is 26.4 Å². The maximum Gasteiger partial charge on any atom is 0.410 e. The highest BCUT2D eigenvalue weighted by atomic mass is 16.6. The molecular weight excluding hydrogens is 238 g/mol. The highest BCUT2D eigenvalue weighted by Crippen LogP contribution is 2.41. The van der Waals surface area contributed by atoms with Gasteiger partial charge in [-0.3, -0.25) is 4.79 Å². The van der Waals surface area contributed by atoms with Crippen LogP contribution in [-0.4, -0.2) is 54.0 Å². The number of rotatable bonds is 1. The van der Waals surface area contributed by atoms with E-state index in [0.29, 0.717) is 13.2 Å². The van der Waals surface area contributed by atoms with Gasteiger partial charge in [0.05, 0.1) is 13.2 Å². The molecule has 6 nitrogen and oxygen atoms in total. The van der Waals surface area contributed by atoms with Crippen LogP contribution in [0.5, 0.6) is 0 Å². The largest absolute Gasteiger partial charge is 0.481 e. The van der Waals surface area contributed by atoms with E-state index in [4.69, 9.17) is 9.47 Å². The Hall–Kier alpha value is -1.30. The van der Waals surface area contributed by atoms with Crippen LogP contribution in [0.3, 0.4) is 0 Å². The van der Waals surface area contributed by atoms with Crippen molar-refractivity contribution in [1.29, 1.82) is 0 Å². The zero-order chi connectivity index (χ0) is 13.6. The minimum absolute atomic E-state index is 0.137. The van der Waals surface area contributed by atoms with E-state index in [2.05, 4.69) is 0 Å². The van der Waals surface area contributed by atoms with Gasteiger partial charge in [0, 0.05) is 19.0 Å². The second-order valence-electron chi connectivity index (χ2n) is 6.03. The number of aliphatic carboxylic acids is 1. The van der Waals surface area contributed by atoms with Gasteiger partial charge < -0.3 is 19.5 Å². The predicted molar refractivity (Wildman–Crippen MR) is 62.2 cm³/mol. The molecule has 6 heteroatoms. The molecule has 1 amide bonds. The number of carbonyl (C=O) groups is 2. The standard InChI is InChI=1S/C12H19NO5/c1-11(2,3)18-10(16)13-4-8-5-17-7-12(8,6-13)9(14)15/h8H,4-7H2,1-3H3,(H,14,15)/t8-,12-/m0/s1. The Morgan fingerprint density at radius 1 is 1.44 bits per heavy atom. The summed E-state index contributed by atoms with van der Waals surface area (Å²) in [6, 6.07) is 0. The molecule has 0 aromatic heterocycles. The van der Waals surface area contributed by atoms with Crippen LogP contribution in [0.2, 0.25) is 0 Å². The molecule has 0 saturated carbocycles. The quantitative estimate of drug-likeness (QED) is 0.757. The number of hydrogen-bond donors (Lipinski definition) is 1. The molecule has 0 aromatic carbocycles. The average molecular weight is 257 g/mol. The molecule has 2 aliphatic rings. The normalized spacial score (nSPS) is 31.3. The smallest absolute Gasteiger partial charge is 0.410 e. The van der Waals surface area contributed by atoms with Gasteiger partial charge in [-0.05, 0) is 20.8 Å². The lowest BCUT2D eigenvalue weighted by Gasteiger charge is -2.25. The first-order valence-electron chi connectivity index (χ1n) is 6.04. The van der Waals surface area contributed by atoms with Gasteiger partial charge in [-0.25, -0.2) is 4.79 Å². The van der Waals surface area contributed by atoms with Crippen molar-refractivity contribution in [1.82, 2.24) is 4.90 Å². The average Bonchev–Trinajstić information content (AvgIpc) is 2.69. The summed E-state index contributed by atoms with van der Waals surface area (Å²) in [7, 11) is 0. The first kappa shape index (κ1) is 13.1. The van der Waals surface area contributed by atoms with E-state index in [-0.39, 0.29) is 19.1 Å². The molecule has 18 heavy (non-hydrogen) atoms. The third-order valence-electron chi connectivity index (χ3n) is 3.45. The van der Waals surface area contributed by atoms with Crippen molar-refractivity contribution in [2.75, 3.05) is 26.3 Å². The minimum Gasteiger partial charge on any atom is -0.481 e. The second-order valence-corrected chi connectivity index (χ2v) is 6.03. The number of fused-ring (bicyclic) bond motifs is 1. The van der Waals surface area contributed by atoms with Crippen LogP contribution in [0.1, 0.15) is 20.8 Å². The van der Waals surface area contributed by atoms with Gasteiger partial charge >= 0.3 is 12.1 Å². The van der Waals surface area contributed by atoms with Gasteiger partial charge in [0.25, 0.3) is 0 Å². The van der Waals surface area contributed by atoms with E-state index >= 15 is 0 Å². The molecule has 0 spiro atoms. The minimum atomic E-state index is -0.948. The van der Waals surface area contributed by atoms with E-state index in [0.717, 1.165) is 0 Å². The van der Waals surface area contributed by atoms with Crippen LogP contribution < -0.4 is 0 Å². The summed E-state index contributed by atoms with van der Waals surface area (Å²) in [5.41, 5.74) is -1.52. The van der Waals surface area contributed by atoms with E-state index in [1.54, 1.807) is 20.8 Å². The molecule has 2 saturated heterocycles. The molecule has 0 unspecified atom stereocenters. The van der Waals surface area contributed by atoms with Crippen LogP contribution in [0, 0.1) is 11.3 Å². The summed E-state index contributed by atoms with van der Waals surface area (Å²) >= 11 is 0. The lowest BCUT2D eigenvalue weighted by molar-refractivity contribution is -0.149. The summed E-state index contributed by atoms with van der Waals surface area (Å²) in [5, 5.41) is 9.35. The number of hydrogen-bond acceptors (Lipinski definition) is 4. The zero-order valence-corrected chi connectivity index (χ0v) is 10.9. The zero-order valence-electron chi connectivity index (χ0n) is 10.9. The van der Waals surface area contributed by atoms with Gasteiger partial charge in [-0.2, -0.15) is 0 Å². The number of carboxylic acids is 1. The maximum absolute atomic E-state index is 11.9. The fourth-order valence-corrected chi connectivity index (χ4v) is 2.50. The predicted octanol–water partition coefficient (Wildman–Crippen LogP) is 0.954. The molecule has 102 valence electrons. The highest BCUT2D eigenvalue weighted by Gasteiger charge is 2.57. The monoisotopic (exact) mass is 257 g/mol. The van der Waals surface area contributed by atoms with Gasteiger partial charge in [-0.15, -0.1) is 0 Å². The van der Waals surface area contributed by atoms with Crippen LogP contribution in [0.15, 0.2) is 0 Å². The Morgan fingerprint density at radius 3 is 2.61 bits per heavy atom. The van der Waals surface area contributed by atoms with Crippen LogP contribution in [-0.2, 0) is 14.3 Å². The first-order valence-corrected chi connectivity index (χ1v) is 6.04. The Kier molecular flexibility index (Phi) is 3.01. The molecule has 0 aromatic rings. The molecule has 0 radical (unpaired) electrons. The van der Waals surface area contributed by atoms with Crippen molar-refractivity contribution in [3.63, 3.8) is 0 Å². The van der Waals surface area contributed by atoms with Crippen molar-refractivity contribution in [2.24, 2.45) is 11.3 Å². The maximum atomic E-state index is 11.9. The van der Waals surface area contributed by atoms with Gasteiger partial charge in [0.1, 0.15) is 11.0 Å². The number of amides is 1. The number of nitrogens with zero attached hydrogens (tertiary/aromatic N) is 1. The molecule has 1 N–H and O–H groups in total. The van der Waals surface area contributed by atoms with E-state index in [1.165, 1.54) is 4.90 Å². The molecule has 2 heterocycles. The Morgan fingerprint density at radius 2 is 2.11 bits per heavy atom. The molecule has 2 fully saturated rings. The van der Waals surface area contributed by atoms with Crippen LogP contribution in [0.25, 0.3) is 0 Å². The van der Waals surface area contributed by atoms with Gasteiger partial charge in [-0.1, -0.05) is 0 Å². The first-order chi connectivity index (χ1) is 8.24. The fraction of sp³-hybridized carbons (Fsp3) is 0.833. The van der Waals surface area contributed by atoms with Gasteiger partial charge in [0.15, 0.2) is 0 Å². The Labute approximate surface area is 106 Å².